The molecule has 2 aromatic heterocycles. The molecule has 598 valence electrons. The van der Waals surface area contributed by atoms with Crippen molar-refractivity contribution in [3.63, 3.8) is 0 Å². The highest BCUT2D eigenvalue weighted by Gasteiger charge is 2.55. The standard InChI is InChI=1S/C122H78N4OS/c1-4-37-79(38-5-1)85-45-10-12-47-87(85)89-49-16-25-64-105(89)125(111-70-35-62-103-117(111)94-52-14-19-56-97(94)121(103)99-58-21-27-66-107(99)123(83-42-8-3-9-43-83)108-67-28-22-59-100(108)121)113-72-33-54-92-96-78-82(75-76-115(96)127-119(92)113)81-41-32-44-84(77-81)124-109-68-29-23-60-101(109)122(102-61-24-30-69-110(102)124)98-57-20-15-53-95(98)118-104(122)63-36-71-112(118)126(114-73-34-55-93-91-51-18-31-74-116(91)128-120(93)114)106-65-26-17-50-90(106)88-48-13-11-46-86(88)80-39-6-2-7-40-80/h1-78H. The molecule has 0 radical (unpaired) electrons. The van der Waals surface area contributed by atoms with Crippen LogP contribution in [0.5, 0.6) is 0 Å². The molecule has 4 heterocycles. The zero-order valence-electron chi connectivity index (χ0n) is 69.6. The third-order valence-corrected chi connectivity index (χ3v) is 28.7. The molecule has 5 nitrogen and oxygen atoms in total. The third kappa shape index (κ3) is 10.7. The maximum atomic E-state index is 7.55. The normalized spacial score (nSPS) is 13.2. The van der Waals surface area contributed by atoms with Gasteiger partial charge in [0.1, 0.15) is 5.58 Å². The highest BCUT2D eigenvalue weighted by atomic mass is 32.1. The Morgan fingerprint density at radius 3 is 1.10 bits per heavy atom. The van der Waals surface area contributed by atoms with Gasteiger partial charge in [-0.25, -0.2) is 0 Å². The molecule has 2 spiro atoms. The van der Waals surface area contributed by atoms with E-state index in [-0.39, 0.29) is 0 Å². The van der Waals surface area contributed by atoms with Crippen LogP contribution in [0.25, 0.3) is 120 Å². The fraction of sp³-hybridized carbons (Fsp3) is 0.0164. The summed E-state index contributed by atoms with van der Waals surface area (Å²) in [7, 11) is 0. The molecule has 0 fully saturated rings. The van der Waals surface area contributed by atoms with Crippen LogP contribution in [0.15, 0.2) is 478 Å². The van der Waals surface area contributed by atoms with E-state index < -0.39 is 10.8 Å². The first-order valence-corrected chi connectivity index (χ1v) is 44.9. The predicted octanol–water partition coefficient (Wildman–Crippen LogP) is 33.5. The van der Waals surface area contributed by atoms with E-state index in [0.717, 1.165) is 129 Å². The number of rotatable bonds is 13. The summed E-state index contributed by atoms with van der Waals surface area (Å²) in [4.78, 5) is 10.1. The minimum Gasteiger partial charge on any atom is -0.454 e. The van der Waals surface area contributed by atoms with Crippen LogP contribution in [0.2, 0.25) is 0 Å². The molecular formula is C122H78N4OS. The van der Waals surface area contributed by atoms with Gasteiger partial charge in [-0.05, 0) is 203 Å². The van der Waals surface area contributed by atoms with Crippen molar-refractivity contribution in [1.29, 1.82) is 0 Å². The number of para-hydroxylation sites is 8. The molecule has 26 rings (SSSR count). The largest absolute Gasteiger partial charge is 0.454 e. The van der Waals surface area contributed by atoms with E-state index in [4.69, 9.17) is 4.42 Å². The van der Waals surface area contributed by atoms with Crippen LogP contribution >= 0.6 is 11.3 Å². The Kier molecular flexibility index (Phi) is 16.7. The van der Waals surface area contributed by atoms with Crippen LogP contribution in [0.1, 0.15) is 44.5 Å². The summed E-state index contributed by atoms with van der Waals surface area (Å²) in [6.45, 7) is 0. The van der Waals surface area contributed by atoms with Gasteiger partial charge >= 0.3 is 0 Å². The molecule has 20 aromatic carbocycles. The average Bonchev–Trinajstić information content (AvgIpc) is 1.53. The van der Waals surface area contributed by atoms with Crippen molar-refractivity contribution in [3.05, 3.63) is 518 Å². The number of furan rings is 1. The minimum absolute atomic E-state index is 0.708. The summed E-state index contributed by atoms with van der Waals surface area (Å²) in [5, 5.41) is 4.55. The van der Waals surface area contributed by atoms with Crippen molar-refractivity contribution in [3.8, 4) is 77.9 Å². The molecule has 22 aromatic rings. The Morgan fingerprint density at radius 1 is 0.211 bits per heavy atom. The van der Waals surface area contributed by atoms with Crippen molar-refractivity contribution in [2.45, 2.75) is 10.8 Å². The van der Waals surface area contributed by atoms with Gasteiger partial charge < -0.3 is 24.0 Å². The Labute approximate surface area is 746 Å². The Balaban J connectivity index is 0.632. The van der Waals surface area contributed by atoms with Gasteiger partial charge in [0, 0.05) is 59.9 Å². The first kappa shape index (κ1) is 73.2. The first-order chi connectivity index (χ1) is 63.6. The predicted molar refractivity (Wildman–Crippen MR) is 534 cm³/mol. The van der Waals surface area contributed by atoms with E-state index in [1.165, 1.54) is 104 Å². The summed E-state index contributed by atoms with van der Waals surface area (Å²) < 4.78 is 10.1. The maximum absolute atomic E-state index is 7.55. The van der Waals surface area contributed by atoms with Gasteiger partial charge in [0.2, 0.25) is 0 Å². The molecule has 128 heavy (non-hydrogen) atoms. The van der Waals surface area contributed by atoms with E-state index in [1.54, 1.807) is 0 Å². The molecule has 0 N–H and O–H groups in total. The molecule has 2 aliphatic carbocycles. The van der Waals surface area contributed by atoms with Crippen LogP contribution in [0.3, 0.4) is 0 Å². The van der Waals surface area contributed by atoms with Gasteiger partial charge in [-0.15, -0.1) is 11.3 Å². The summed E-state index contributed by atoms with van der Waals surface area (Å²) in [5.41, 5.74) is 39.1. The number of hydrogen-bond donors (Lipinski definition) is 0. The summed E-state index contributed by atoms with van der Waals surface area (Å²) >= 11 is 1.87. The number of benzene rings is 20. The van der Waals surface area contributed by atoms with Crippen molar-refractivity contribution in [1.82, 2.24) is 0 Å². The average molecular weight is 1650 g/mol. The minimum atomic E-state index is -0.749. The highest BCUT2D eigenvalue weighted by molar-refractivity contribution is 7.26. The SMILES string of the molecule is c1ccc(-c2ccccc2-c2ccccc2N(c2cccc3c2-c2ccccc2C32c3ccccc3N(c3ccccc3)c3ccccc32)c2cccc3c2oc2ccc(-c4cccc(N5c6ccccc6C6(c7ccccc7-c7c(N(c8ccccc8-c8ccccc8-c8ccccc8)c8cccc9c8sc8ccccc89)cccc76)c6ccccc65)c4)cc23)cc1. The highest BCUT2D eigenvalue weighted by Crippen LogP contribution is 2.69. The quantitative estimate of drug-likeness (QED) is 0.115. The molecule has 4 aliphatic rings. The summed E-state index contributed by atoms with van der Waals surface area (Å²) in [5.74, 6) is 0. The summed E-state index contributed by atoms with van der Waals surface area (Å²) in [6, 6.07) is 176. The molecule has 0 saturated carbocycles. The van der Waals surface area contributed by atoms with Crippen molar-refractivity contribution < 1.29 is 4.42 Å². The lowest BCUT2D eigenvalue weighted by Gasteiger charge is -2.45. The maximum Gasteiger partial charge on any atom is 0.159 e. The monoisotopic (exact) mass is 1650 g/mol. The molecule has 6 heteroatoms. The molecule has 2 aliphatic heterocycles. The van der Waals surface area contributed by atoms with Gasteiger partial charge in [0.25, 0.3) is 0 Å². The molecule has 0 amide bonds. The van der Waals surface area contributed by atoms with Crippen LogP contribution in [0, 0.1) is 0 Å². The second-order valence-electron chi connectivity index (χ2n) is 33.9. The van der Waals surface area contributed by atoms with Crippen LogP contribution in [0.4, 0.5) is 68.2 Å². The van der Waals surface area contributed by atoms with E-state index in [1.807, 2.05) is 11.3 Å². The zero-order chi connectivity index (χ0) is 84.1. The van der Waals surface area contributed by atoms with Crippen LogP contribution < -0.4 is 19.6 Å². The molecule has 0 bridgehead atoms. The van der Waals surface area contributed by atoms with Gasteiger partial charge in [-0.2, -0.15) is 0 Å². The van der Waals surface area contributed by atoms with E-state index in [9.17, 15) is 0 Å². The lowest BCUT2D eigenvalue weighted by Crippen LogP contribution is -2.36. The molecule has 0 atom stereocenters. The Morgan fingerprint density at radius 2 is 0.562 bits per heavy atom. The first-order valence-electron chi connectivity index (χ1n) is 44.1. The van der Waals surface area contributed by atoms with Gasteiger partial charge in [-0.3, -0.25) is 0 Å². The number of hydrogen-bond acceptors (Lipinski definition) is 6. The number of thiophene rings is 1. The molecule has 0 unspecified atom stereocenters. The smallest absolute Gasteiger partial charge is 0.159 e. The molecule has 0 saturated heterocycles. The van der Waals surface area contributed by atoms with Crippen molar-refractivity contribution >= 4 is 122 Å². The van der Waals surface area contributed by atoms with Crippen molar-refractivity contribution in [2.24, 2.45) is 0 Å². The summed E-state index contributed by atoms with van der Waals surface area (Å²) in [6.07, 6.45) is 0. The van der Waals surface area contributed by atoms with Crippen LogP contribution in [-0.4, -0.2) is 0 Å². The van der Waals surface area contributed by atoms with Gasteiger partial charge in [-0.1, -0.05) is 370 Å². The number of anilines is 12. The van der Waals surface area contributed by atoms with E-state index in [0.29, 0.717) is 0 Å². The zero-order valence-corrected chi connectivity index (χ0v) is 70.5. The number of nitrogens with zero attached hydrogens (tertiary/aromatic N) is 4. The second kappa shape index (κ2) is 29.1. The topological polar surface area (TPSA) is 26.1 Å². The fourth-order valence-electron chi connectivity index (χ4n) is 22.4. The van der Waals surface area contributed by atoms with Crippen molar-refractivity contribution in [2.75, 3.05) is 19.6 Å². The van der Waals surface area contributed by atoms with Gasteiger partial charge in [0.15, 0.2) is 5.58 Å². The lowest BCUT2D eigenvalue weighted by atomic mass is 9.64. The van der Waals surface area contributed by atoms with Crippen LogP contribution in [-0.2, 0) is 10.8 Å². The second-order valence-corrected chi connectivity index (χ2v) is 34.9. The lowest BCUT2D eigenvalue weighted by molar-refractivity contribution is 0.669. The molecular weight excluding hydrogens is 1570 g/mol. The van der Waals surface area contributed by atoms with Gasteiger partial charge in [0.05, 0.1) is 72.4 Å². The fourth-order valence-corrected chi connectivity index (χ4v) is 23.6. The third-order valence-electron chi connectivity index (χ3n) is 27.5. The van der Waals surface area contributed by atoms with E-state index >= 15 is 0 Å². The Hall–Kier alpha value is -16.4. The number of fused-ring (bicyclic) bond motifs is 24. The van der Waals surface area contributed by atoms with E-state index in [2.05, 4.69) is 493 Å². The Bertz CT molecular complexity index is 8170.